The van der Waals surface area contributed by atoms with Crippen molar-refractivity contribution >= 4 is 51.3 Å². The Labute approximate surface area is 125 Å². The first-order valence-corrected chi connectivity index (χ1v) is 8.39. The molecule has 0 spiro atoms. The van der Waals surface area contributed by atoms with E-state index in [-0.39, 0.29) is 0 Å². The van der Waals surface area contributed by atoms with Gasteiger partial charge >= 0.3 is 0 Å². The molecule has 2 heterocycles. The number of halogens is 1. The Hall–Kier alpha value is -0.430. The first-order chi connectivity index (χ1) is 8.74. The van der Waals surface area contributed by atoms with Crippen molar-refractivity contribution in [3.63, 3.8) is 0 Å². The number of fused-ring (bicyclic) bond motifs is 1. The van der Waals surface area contributed by atoms with Crippen molar-refractivity contribution in [1.82, 2.24) is 9.55 Å². The third-order valence-corrected chi connectivity index (χ3v) is 5.45. The Morgan fingerprint density at radius 2 is 2.33 bits per heavy atom. The van der Waals surface area contributed by atoms with Gasteiger partial charge in [0.25, 0.3) is 0 Å². The molecule has 1 aromatic heterocycles. The van der Waals surface area contributed by atoms with E-state index in [9.17, 15) is 0 Å². The summed E-state index contributed by atoms with van der Waals surface area (Å²) in [6, 6.07) is 6.35. The van der Waals surface area contributed by atoms with Gasteiger partial charge in [-0.2, -0.15) is 11.8 Å². The number of rotatable bonds is 2. The van der Waals surface area contributed by atoms with E-state index in [0.717, 1.165) is 12.1 Å². The molecule has 2 aromatic rings. The van der Waals surface area contributed by atoms with Crippen LogP contribution in [0.5, 0.6) is 0 Å². The van der Waals surface area contributed by atoms with E-state index in [1.165, 1.54) is 34.1 Å². The lowest BCUT2D eigenvalue weighted by Crippen LogP contribution is -2.18. The normalized spacial score (nSPS) is 20.4. The summed E-state index contributed by atoms with van der Waals surface area (Å²) in [5.41, 5.74) is 8.24. The van der Waals surface area contributed by atoms with Crippen LogP contribution in [0.25, 0.3) is 11.0 Å². The number of hydrogen-bond acceptors (Lipinski definition) is 3. The number of anilines is 1. The van der Waals surface area contributed by atoms with Gasteiger partial charge in [0.2, 0.25) is 5.95 Å². The average molecular weight is 373 g/mol. The SMILES string of the molecule is Nc1nc2cc(I)ccc2n1CC1CCCCS1. The van der Waals surface area contributed by atoms with Crippen LogP contribution < -0.4 is 5.73 Å². The molecule has 0 bridgehead atoms. The summed E-state index contributed by atoms with van der Waals surface area (Å²) in [6.07, 6.45) is 4.01. The van der Waals surface area contributed by atoms with E-state index in [0.29, 0.717) is 11.2 Å². The number of thioether (sulfide) groups is 1. The lowest BCUT2D eigenvalue weighted by Gasteiger charge is -2.22. The van der Waals surface area contributed by atoms with Crippen molar-refractivity contribution in [1.29, 1.82) is 0 Å². The molecular formula is C13H16IN3S. The van der Waals surface area contributed by atoms with Gasteiger partial charge in [-0.05, 0) is 59.4 Å². The van der Waals surface area contributed by atoms with E-state index in [2.05, 4.69) is 62.1 Å². The Kier molecular flexibility index (Phi) is 3.70. The molecule has 0 aliphatic carbocycles. The van der Waals surface area contributed by atoms with Crippen molar-refractivity contribution in [2.45, 2.75) is 31.1 Å². The molecule has 1 saturated heterocycles. The minimum Gasteiger partial charge on any atom is -0.369 e. The zero-order valence-electron chi connectivity index (χ0n) is 10.1. The molecule has 1 atom stereocenters. The number of benzene rings is 1. The highest BCUT2D eigenvalue weighted by molar-refractivity contribution is 14.1. The molecule has 96 valence electrons. The molecule has 1 aliphatic rings. The summed E-state index contributed by atoms with van der Waals surface area (Å²) >= 11 is 4.39. The number of nitrogen functional groups attached to an aromatic ring is 1. The summed E-state index contributed by atoms with van der Waals surface area (Å²) in [7, 11) is 0. The third-order valence-electron chi connectivity index (χ3n) is 3.40. The van der Waals surface area contributed by atoms with E-state index in [1.54, 1.807) is 0 Å². The minimum atomic E-state index is 0.651. The fourth-order valence-electron chi connectivity index (χ4n) is 2.47. The second-order valence-corrected chi connectivity index (χ2v) is 7.36. The van der Waals surface area contributed by atoms with E-state index < -0.39 is 0 Å². The molecule has 2 N–H and O–H groups in total. The van der Waals surface area contributed by atoms with Crippen LogP contribution in [0, 0.1) is 3.57 Å². The van der Waals surface area contributed by atoms with Gasteiger partial charge in [-0.25, -0.2) is 4.98 Å². The molecule has 18 heavy (non-hydrogen) atoms. The van der Waals surface area contributed by atoms with Crippen molar-refractivity contribution in [3.05, 3.63) is 21.8 Å². The Morgan fingerprint density at radius 1 is 1.44 bits per heavy atom. The molecule has 0 saturated carbocycles. The maximum atomic E-state index is 6.06. The number of imidazole rings is 1. The smallest absolute Gasteiger partial charge is 0.201 e. The van der Waals surface area contributed by atoms with Crippen molar-refractivity contribution < 1.29 is 0 Å². The fraction of sp³-hybridized carbons (Fsp3) is 0.462. The van der Waals surface area contributed by atoms with Gasteiger partial charge < -0.3 is 10.3 Å². The first-order valence-electron chi connectivity index (χ1n) is 6.27. The second-order valence-electron chi connectivity index (χ2n) is 4.70. The van der Waals surface area contributed by atoms with Gasteiger partial charge in [-0.15, -0.1) is 0 Å². The Bertz CT molecular complexity index is 561. The molecule has 0 amide bonds. The predicted molar refractivity (Wildman–Crippen MR) is 87.0 cm³/mol. The van der Waals surface area contributed by atoms with Crippen molar-refractivity contribution in [2.75, 3.05) is 11.5 Å². The third kappa shape index (κ3) is 2.47. The van der Waals surface area contributed by atoms with E-state index in [1.807, 2.05) is 0 Å². The highest BCUT2D eigenvalue weighted by Gasteiger charge is 2.17. The van der Waals surface area contributed by atoms with Gasteiger partial charge in [0, 0.05) is 15.4 Å². The summed E-state index contributed by atoms with van der Waals surface area (Å²) < 4.78 is 3.38. The fourth-order valence-corrected chi connectivity index (χ4v) is 4.24. The number of nitrogens with zero attached hydrogens (tertiary/aromatic N) is 2. The van der Waals surface area contributed by atoms with Crippen molar-refractivity contribution in [2.24, 2.45) is 0 Å². The topological polar surface area (TPSA) is 43.8 Å². The van der Waals surface area contributed by atoms with Crippen LogP contribution in [0.1, 0.15) is 19.3 Å². The largest absolute Gasteiger partial charge is 0.369 e. The summed E-state index contributed by atoms with van der Waals surface area (Å²) in [5, 5.41) is 0.692. The van der Waals surface area contributed by atoms with Crippen LogP contribution in [-0.4, -0.2) is 20.6 Å². The van der Waals surface area contributed by atoms with Crippen LogP contribution in [-0.2, 0) is 6.54 Å². The number of hydrogen-bond donors (Lipinski definition) is 1. The Balaban J connectivity index is 1.92. The van der Waals surface area contributed by atoms with Gasteiger partial charge in [0.1, 0.15) is 0 Å². The van der Waals surface area contributed by atoms with Gasteiger partial charge in [0.05, 0.1) is 11.0 Å². The van der Waals surface area contributed by atoms with Crippen LogP contribution in [0.15, 0.2) is 18.2 Å². The summed E-state index contributed by atoms with van der Waals surface area (Å²) in [4.78, 5) is 4.47. The zero-order chi connectivity index (χ0) is 12.5. The van der Waals surface area contributed by atoms with Crippen LogP contribution in [0.2, 0.25) is 0 Å². The Morgan fingerprint density at radius 3 is 3.11 bits per heavy atom. The lowest BCUT2D eigenvalue weighted by atomic mass is 10.2. The molecule has 1 aromatic carbocycles. The maximum absolute atomic E-state index is 6.06. The maximum Gasteiger partial charge on any atom is 0.201 e. The lowest BCUT2D eigenvalue weighted by molar-refractivity contribution is 0.595. The molecule has 0 radical (unpaired) electrons. The summed E-state index contributed by atoms with van der Waals surface area (Å²) in [5.74, 6) is 1.94. The standard InChI is InChI=1S/C13H16IN3S/c14-9-4-5-12-11(7-9)16-13(15)17(12)8-10-3-1-2-6-18-10/h4-5,7,10H,1-3,6,8H2,(H2,15,16). The molecule has 3 nitrogen and oxygen atoms in total. The predicted octanol–water partition coefficient (Wildman–Crippen LogP) is 3.51. The van der Waals surface area contributed by atoms with Gasteiger partial charge in [-0.1, -0.05) is 6.42 Å². The number of aromatic nitrogens is 2. The molecular weight excluding hydrogens is 357 g/mol. The molecule has 1 aliphatic heterocycles. The van der Waals surface area contributed by atoms with Gasteiger partial charge in [-0.3, -0.25) is 0 Å². The molecule has 1 fully saturated rings. The van der Waals surface area contributed by atoms with Crippen LogP contribution >= 0.6 is 34.4 Å². The summed E-state index contributed by atoms with van der Waals surface area (Å²) in [6.45, 7) is 0.994. The second kappa shape index (κ2) is 5.28. The molecule has 3 rings (SSSR count). The highest BCUT2D eigenvalue weighted by Crippen LogP contribution is 2.29. The van der Waals surface area contributed by atoms with E-state index >= 15 is 0 Å². The molecule has 5 heteroatoms. The van der Waals surface area contributed by atoms with E-state index in [4.69, 9.17) is 5.73 Å². The average Bonchev–Trinajstić information content (AvgIpc) is 2.66. The van der Waals surface area contributed by atoms with Crippen LogP contribution in [0.3, 0.4) is 0 Å². The first kappa shape index (κ1) is 12.6. The van der Waals surface area contributed by atoms with Crippen molar-refractivity contribution in [3.8, 4) is 0 Å². The zero-order valence-corrected chi connectivity index (χ0v) is 13.1. The highest BCUT2D eigenvalue weighted by atomic mass is 127. The van der Waals surface area contributed by atoms with Crippen LogP contribution in [0.4, 0.5) is 5.95 Å². The monoisotopic (exact) mass is 373 g/mol. The number of nitrogens with two attached hydrogens (primary N) is 1. The molecule has 1 unspecified atom stereocenters. The van der Waals surface area contributed by atoms with Gasteiger partial charge in [0.15, 0.2) is 0 Å². The minimum absolute atomic E-state index is 0.651. The quantitative estimate of drug-likeness (QED) is 0.820.